The summed E-state index contributed by atoms with van der Waals surface area (Å²) in [5, 5.41) is 3.64. The van der Waals surface area contributed by atoms with Gasteiger partial charge in [0.15, 0.2) is 5.96 Å². The maximum atomic E-state index is 5.44. The van der Waals surface area contributed by atoms with Gasteiger partial charge in [-0.15, -0.1) is 0 Å². The SMILES string of the molecule is CN=C(NCCCCN1CCOCC1)N1CCC2C(CCCN2Cc2ccccc2)C1. The molecule has 6 heteroatoms. The molecule has 0 radical (unpaired) electrons. The first kappa shape index (κ1) is 22.6. The molecule has 172 valence electrons. The molecule has 3 aliphatic rings. The van der Waals surface area contributed by atoms with Gasteiger partial charge >= 0.3 is 0 Å². The first-order chi connectivity index (χ1) is 15.3. The Morgan fingerprint density at radius 2 is 1.90 bits per heavy atom. The maximum absolute atomic E-state index is 5.44. The Morgan fingerprint density at radius 3 is 2.71 bits per heavy atom. The number of likely N-dealkylation sites (tertiary alicyclic amines) is 2. The molecule has 6 nitrogen and oxygen atoms in total. The lowest BCUT2D eigenvalue weighted by molar-refractivity contribution is 0.0366. The molecular formula is C25H41N5O. The number of unbranched alkanes of at least 4 members (excludes halogenated alkanes) is 1. The van der Waals surface area contributed by atoms with Crippen LogP contribution in [0.5, 0.6) is 0 Å². The summed E-state index contributed by atoms with van der Waals surface area (Å²) in [5.41, 5.74) is 1.44. The standard InChI is InChI=1S/C25H41N5O/c1-26-25(27-12-5-6-13-28-16-18-31-19-17-28)30-15-11-24-23(21-30)10-7-14-29(24)20-22-8-3-2-4-9-22/h2-4,8-9,23-24H,5-7,10-21H2,1H3,(H,26,27). The van der Waals surface area contributed by atoms with Crippen LogP contribution in [-0.4, -0.2) is 92.8 Å². The lowest BCUT2D eigenvalue weighted by atomic mass is 9.83. The maximum Gasteiger partial charge on any atom is 0.193 e. The second kappa shape index (κ2) is 11.8. The Bertz CT molecular complexity index is 676. The van der Waals surface area contributed by atoms with Gasteiger partial charge in [-0.25, -0.2) is 0 Å². The van der Waals surface area contributed by atoms with Gasteiger partial charge in [0.2, 0.25) is 0 Å². The van der Waals surface area contributed by atoms with Gasteiger partial charge in [0, 0.05) is 52.4 Å². The van der Waals surface area contributed by atoms with Crippen molar-refractivity contribution in [1.82, 2.24) is 20.0 Å². The molecule has 2 atom stereocenters. The van der Waals surface area contributed by atoms with Crippen LogP contribution in [0.15, 0.2) is 35.3 Å². The number of piperidine rings is 2. The number of rotatable bonds is 7. The molecule has 3 aliphatic heterocycles. The van der Waals surface area contributed by atoms with Crippen LogP contribution in [0.1, 0.15) is 37.7 Å². The minimum absolute atomic E-state index is 0.719. The number of guanidine groups is 1. The second-order valence-corrected chi connectivity index (χ2v) is 9.30. The monoisotopic (exact) mass is 427 g/mol. The molecule has 0 amide bonds. The third-order valence-electron chi connectivity index (χ3n) is 7.21. The molecule has 3 fully saturated rings. The number of nitrogens with one attached hydrogen (secondary N) is 1. The second-order valence-electron chi connectivity index (χ2n) is 9.30. The summed E-state index contributed by atoms with van der Waals surface area (Å²) < 4.78 is 5.44. The summed E-state index contributed by atoms with van der Waals surface area (Å²) in [7, 11) is 1.94. The summed E-state index contributed by atoms with van der Waals surface area (Å²) >= 11 is 0. The first-order valence-corrected chi connectivity index (χ1v) is 12.4. The zero-order valence-corrected chi connectivity index (χ0v) is 19.3. The number of nitrogens with zero attached hydrogens (tertiary/aromatic N) is 4. The van der Waals surface area contributed by atoms with Gasteiger partial charge in [-0.05, 0) is 56.7 Å². The van der Waals surface area contributed by atoms with Gasteiger partial charge in [0.05, 0.1) is 13.2 Å². The van der Waals surface area contributed by atoms with E-state index in [2.05, 4.69) is 55.3 Å². The van der Waals surface area contributed by atoms with Crippen LogP contribution in [0.2, 0.25) is 0 Å². The van der Waals surface area contributed by atoms with E-state index in [1.807, 2.05) is 7.05 Å². The molecule has 1 aromatic rings. The fourth-order valence-electron chi connectivity index (χ4n) is 5.53. The van der Waals surface area contributed by atoms with Gasteiger partial charge < -0.3 is 15.0 Å². The molecule has 0 spiro atoms. The van der Waals surface area contributed by atoms with Crippen molar-refractivity contribution in [2.75, 3.05) is 66.1 Å². The van der Waals surface area contributed by atoms with Crippen LogP contribution in [0, 0.1) is 5.92 Å². The molecule has 0 aliphatic carbocycles. The van der Waals surface area contributed by atoms with Crippen molar-refractivity contribution in [2.24, 2.45) is 10.9 Å². The minimum atomic E-state index is 0.719. The fraction of sp³-hybridized carbons (Fsp3) is 0.720. The lowest BCUT2D eigenvalue weighted by Crippen LogP contribution is -2.56. The Hall–Kier alpha value is -1.63. The van der Waals surface area contributed by atoms with Crippen molar-refractivity contribution >= 4 is 5.96 Å². The molecule has 0 aromatic heterocycles. The molecule has 1 aromatic carbocycles. The molecule has 31 heavy (non-hydrogen) atoms. The van der Waals surface area contributed by atoms with Crippen molar-refractivity contribution < 1.29 is 4.74 Å². The Labute approximate surface area is 188 Å². The number of fused-ring (bicyclic) bond motifs is 1. The van der Waals surface area contributed by atoms with Gasteiger partial charge in [0.1, 0.15) is 0 Å². The smallest absolute Gasteiger partial charge is 0.193 e. The van der Waals surface area contributed by atoms with Crippen LogP contribution in [-0.2, 0) is 11.3 Å². The Morgan fingerprint density at radius 1 is 1.06 bits per heavy atom. The topological polar surface area (TPSA) is 43.3 Å². The van der Waals surface area contributed by atoms with E-state index < -0.39 is 0 Å². The molecule has 0 bridgehead atoms. The molecule has 1 N–H and O–H groups in total. The van der Waals surface area contributed by atoms with E-state index in [9.17, 15) is 0 Å². The van der Waals surface area contributed by atoms with E-state index in [4.69, 9.17) is 4.74 Å². The van der Waals surface area contributed by atoms with Crippen LogP contribution >= 0.6 is 0 Å². The molecule has 3 saturated heterocycles. The average Bonchev–Trinajstić information content (AvgIpc) is 2.83. The number of benzene rings is 1. The summed E-state index contributed by atoms with van der Waals surface area (Å²) in [4.78, 5) is 12.4. The summed E-state index contributed by atoms with van der Waals surface area (Å²) in [5.74, 6) is 1.86. The van der Waals surface area contributed by atoms with Crippen molar-refractivity contribution in [3.63, 3.8) is 0 Å². The molecule has 4 rings (SSSR count). The third kappa shape index (κ3) is 6.43. The van der Waals surface area contributed by atoms with Crippen LogP contribution in [0.25, 0.3) is 0 Å². The predicted molar refractivity (Wildman–Crippen MR) is 127 cm³/mol. The van der Waals surface area contributed by atoms with Crippen LogP contribution in [0.3, 0.4) is 0 Å². The average molecular weight is 428 g/mol. The third-order valence-corrected chi connectivity index (χ3v) is 7.21. The molecule has 0 saturated carbocycles. The van der Waals surface area contributed by atoms with Gasteiger partial charge in [0.25, 0.3) is 0 Å². The van der Waals surface area contributed by atoms with E-state index in [0.717, 1.165) is 70.4 Å². The Balaban J connectivity index is 1.20. The van der Waals surface area contributed by atoms with E-state index in [1.165, 1.54) is 50.8 Å². The largest absolute Gasteiger partial charge is 0.379 e. The number of hydrogen-bond acceptors (Lipinski definition) is 4. The number of aliphatic imine (C=N–C) groups is 1. The highest BCUT2D eigenvalue weighted by Crippen LogP contribution is 2.31. The van der Waals surface area contributed by atoms with E-state index in [-0.39, 0.29) is 0 Å². The highest BCUT2D eigenvalue weighted by atomic mass is 16.5. The first-order valence-electron chi connectivity index (χ1n) is 12.4. The highest BCUT2D eigenvalue weighted by Gasteiger charge is 2.36. The van der Waals surface area contributed by atoms with Crippen molar-refractivity contribution in [3.8, 4) is 0 Å². The normalized spacial score (nSPS) is 26.0. The minimum Gasteiger partial charge on any atom is -0.379 e. The predicted octanol–water partition coefficient (Wildman–Crippen LogP) is 2.66. The van der Waals surface area contributed by atoms with Crippen molar-refractivity contribution in [2.45, 2.75) is 44.7 Å². The number of hydrogen-bond donors (Lipinski definition) is 1. The summed E-state index contributed by atoms with van der Waals surface area (Å²) in [6, 6.07) is 11.7. The van der Waals surface area contributed by atoms with E-state index in [1.54, 1.807) is 0 Å². The van der Waals surface area contributed by atoms with Crippen LogP contribution < -0.4 is 5.32 Å². The van der Waals surface area contributed by atoms with E-state index >= 15 is 0 Å². The van der Waals surface area contributed by atoms with Crippen molar-refractivity contribution in [3.05, 3.63) is 35.9 Å². The molecule has 3 heterocycles. The molecular weight excluding hydrogens is 386 g/mol. The summed E-state index contributed by atoms with van der Waals surface area (Å²) in [6.45, 7) is 10.8. The lowest BCUT2D eigenvalue weighted by Gasteiger charge is -2.48. The van der Waals surface area contributed by atoms with Crippen LogP contribution in [0.4, 0.5) is 0 Å². The fourth-order valence-corrected chi connectivity index (χ4v) is 5.53. The highest BCUT2D eigenvalue weighted by molar-refractivity contribution is 5.80. The molecule has 2 unspecified atom stereocenters. The number of ether oxygens (including phenoxy) is 1. The van der Waals surface area contributed by atoms with Gasteiger partial charge in [-0.1, -0.05) is 30.3 Å². The Kier molecular flexibility index (Phi) is 8.62. The van der Waals surface area contributed by atoms with Gasteiger partial charge in [-0.3, -0.25) is 14.8 Å². The summed E-state index contributed by atoms with van der Waals surface area (Å²) in [6.07, 6.45) is 6.35. The number of morpholine rings is 1. The quantitative estimate of drug-likeness (QED) is 0.412. The van der Waals surface area contributed by atoms with E-state index in [0.29, 0.717) is 0 Å². The zero-order valence-electron chi connectivity index (χ0n) is 19.3. The van der Waals surface area contributed by atoms with Gasteiger partial charge in [-0.2, -0.15) is 0 Å². The zero-order chi connectivity index (χ0) is 21.3. The van der Waals surface area contributed by atoms with Crippen molar-refractivity contribution in [1.29, 1.82) is 0 Å².